The average Bonchev–Trinajstić information content (AvgIpc) is 3.26. The van der Waals surface area contributed by atoms with E-state index in [4.69, 9.17) is 21.1 Å². The summed E-state index contributed by atoms with van der Waals surface area (Å²) in [6.45, 7) is 3.55. The summed E-state index contributed by atoms with van der Waals surface area (Å²) in [7, 11) is 1.47. The van der Waals surface area contributed by atoms with Gasteiger partial charge in [-0.3, -0.25) is 14.7 Å². The van der Waals surface area contributed by atoms with Crippen molar-refractivity contribution in [1.29, 1.82) is 5.26 Å². The van der Waals surface area contributed by atoms with Crippen LogP contribution in [0.3, 0.4) is 0 Å². The Morgan fingerprint density at radius 1 is 1.16 bits per heavy atom. The number of methoxy groups -OCH3 is 1. The second-order valence-corrected chi connectivity index (χ2v) is 9.99. The predicted octanol–water partition coefficient (Wildman–Crippen LogP) is 6.11. The first-order valence-corrected chi connectivity index (χ1v) is 12.8. The fraction of sp³-hybridized carbons (Fsp3) is 0.222. The van der Waals surface area contributed by atoms with E-state index in [-0.39, 0.29) is 28.8 Å². The van der Waals surface area contributed by atoms with Crippen LogP contribution in [0.4, 0.5) is 0 Å². The van der Waals surface area contributed by atoms with Crippen LogP contribution < -0.4 is 9.47 Å². The zero-order chi connectivity index (χ0) is 27.2. The fourth-order valence-corrected chi connectivity index (χ4v) is 5.36. The molecule has 38 heavy (non-hydrogen) atoms. The van der Waals surface area contributed by atoms with E-state index < -0.39 is 5.25 Å². The van der Waals surface area contributed by atoms with Crippen LogP contribution in [0.25, 0.3) is 5.69 Å². The number of hydrogen-bond acceptors (Lipinski definition) is 8. The summed E-state index contributed by atoms with van der Waals surface area (Å²) in [6.07, 6.45) is 0. The van der Waals surface area contributed by atoms with Gasteiger partial charge in [0.15, 0.2) is 16.7 Å². The number of aromatic nitrogens is 3. The van der Waals surface area contributed by atoms with E-state index in [1.165, 1.54) is 18.9 Å². The Morgan fingerprint density at radius 2 is 1.95 bits per heavy atom. The molecule has 11 heteroatoms. The molecule has 0 unspecified atom stereocenters. The number of halogens is 1. The van der Waals surface area contributed by atoms with Gasteiger partial charge in [0, 0.05) is 16.2 Å². The van der Waals surface area contributed by atoms with E-state index in [1.54, 1.807) is 30.3 Å². The molecule has 1 heterocycles. The highest BCUT2D eigenvalue weighted by atomic mass is 35.5. The van der Waals surface area contributed by atoms with Gasteiger partial charge < -0.3 is 9.47 Å². The van der Waals surface area contributed by atoms with Crippen molar-refractivity contribution in [3.8, 4) is 23.3 Å². The maximum Gasteiger partial charge on any atom is 0.220 e. The van der Waals surface area contributed by atoms with Crippen molar-refractivity contribution in [2.75, 3.05) is 13.7 Å². The van der Waals surface area contributed by atoms with E-state index in [0.717, 1.165) is 11.3 Å². The summed E-state index contributed by atoms with van der Waals surface area (Å²) in [5, 5.41) is 29.6. The van der Waals surface area contributed by atoms with Gasteiger partial charge in [0.05, 0.1) is 23.8 Å². The molecular weight excluding hydrogens is 526 g/mol. The topological polar surface area (TPSA) is 116 Å². The van der Waals surface area contributed by atoms with Crippen LogP contribution >= 0.6 is 23.4 Å². The molecule has 0 aliphatic carbocycles. The maximum absolute atomic E-state index is 11.6. The quantitative estimate of drug-likeness (QED) is 0.132. The lowest BCUT2D eigenvalue weighted by Gasteiger charge is -2.18. The van der Waals surface area contributed by atoms with Crippen LogP contribution in [0, 0.1) is 35.3 Å². The van der Waals surface area contributed by atoms with E-state index in [0.29, 0.717) is 33.4 Å². The van der Waals surface area contributed by atoms with Gasteiger partial charge in [-0.1, -0.05) is 53.7 Å². The molecule has 4 rings (SSSR count). The van der Waals surface area contributed by atoms with E-state index in [2.05, 4.69) is 16.3 Å². The minimum atomic E-state index is -0.642. The van der Waals surface area contributed by atoms with Crippen LogP contribution in [0.15, 0.2) is 65.8 Å². The Morgan fingerprint density at radius 3 is 2.66 bits per heavy atom. The van der Waals surface area contributed by atoms with Gasteiger partial charge in [-0.15, -0.1) is 10.2 Å². The van der Waals surface area contributed by atoms with Gasteiger partial charge in [-0.2, -0.15) is 5.26 Å². The monoisotopic (exact) mass is 549 g/mol. The largest absolute Gasteiger partial charge is 0.493 e. The van der Waals surface area contributed by atoms with Crippen molar-refractivity contribution in [3.63, 3.8) is 0 Å². The van der Waals surface area contributed by atoms with Crippen LogP contribution in [0.1, 0.15) is 33.3 Å². The Labute approximate surface area is 229 Å². The lowest BCUT2D eigenvalue weighted by molar-refractivity contribution is -0.479. The van der Waals surface area contributed by atoms with E-state index >= 15 is 0 Å². The second-order valence-electron chi connectivity index (χ2n) is 8.42. The van der Waals surface area contributed by atoms with Crippen LogP contribution in [0.2, 0.25) is 5.02 Å². The number of hydrogen-bond donors (Lipinski definition) is 0. The van der Waals surface area contributed by atoms with Crippen molar-refractivity contribution in [2.45, 2.75) is 30.9 Å². The molecule has 0 bridgehead atoms. The molecular formula is C27H24ClN5O4S. The van der Waals surface area contributed by atoms with E-state index in [9.17, 15) is 15.4 Å². The smallest absolute Gasteiger partial charge is 0.220 e. The Bertz CT molecular complexity index is 1520. The molecule has 0 aliphatic heterocycles. The van der Waals surface area contributed by atoms with Gasteiger partial charge in [-0.05, 0) is 55.3 Å². The molecule has 4 aromatic rings. The molecule has 0 aliphatic rings. The molecule has 0 spiro atoms. The molecule has 194 valence electrons. The number of thioether (sulfide) groups is 1. The molecule has 0 N–H and O–H groups in total. The Kier molecular flexibility index (Phi) is 8.51. The Hall–Kier alpha value is -4.07. The summed E-state index contributed by atoms with van der Waals surface area (Å²) in [4.78, 5) is 11.3. The summed E-state index contributed by atoms with van der Waals surface area (Å²) < 4.78 is 13.3. The number of nitro groups is 1. The SMILES string of the molecule is COc1cc([C@H](C[N+](=O)[O-])Sc2nnc(C)n2-c2cccc(C)c2)cc(Cl)c1OCc1ccccc1C#N. The highest BCUT2D eigenvalue weighted by molar-refractivity contribution is 7.99. The zero-order valence-electron chi connectivity index (χ0n) is 20.9. The summed E-state index contributed by atoms with van der Waals surface area (Å²) in [6, 6.07) is 20.4. The lowest BCUT2D eigenvalue weighted by atomic mass is 10.1. The van der Waals surface area contributed by atoms with Gasteiger partial charge in [-0.25, -0.2) is 0 Å². The first kappa shape index (κ1) is 27.0. The fourth-order valence-electron chi connectivity index (χ4n) is 3.93. The van der Waals surface area contributed by atoms with Gasteiger partial charge in [0.2, 0.25) is 6.54 Å². The van der Waals surface area contributed by atoms with Crippen molar-refractivity contribution in [2.24, 2.45) is 0 Å². The third kappa shape index (κ3) is 6.07. The second kappa shape index (κ2) is 12.0. The van der Waals surface area contributed by atoms with E-state index in [1.807, 2.05) is 48.7 Å². The van der Waals surface area contributed by atoms with Crippen LogP contribution in [-0.4, -0.2) is 33.3 Å². The molecule has 0 amide bonds. The third-order valence-corrected chi connectivity index (χ3v) is 7.21. The van der Waals surface area contributed by atoms with Crippen molar-refractivity contribution in [3.05, 3.63) is 104 Å². The van der Waals surface area contributed by atoms with Crippen molar-refractivity contribution in [1.82, 2.24) is 14.8 Å². The number of nitriles is 1. The normalized spacial score (nSPS) is 11.6. The van der Waals surface area contributed by atoms with Gasteiger partial charge in [0.25, 0.3) is 0 Å². The molecule has 1 aromatic heterocycles. The highest BCUT2D eigenvalue weighted by Gasteiger charge is 2.26. The molecule has 9 nitrogen and oxygen atoms in total. The predicted molar refractivity (Wildman–Crippen MR) is 145 cm³/mol. The number of benzene rings is 3. The molecule has 1 atom stereocenters. The third-order valence-electron chi connectivity index (χ3n) is 5.75. The first-order chi connectivity index (χ1) is 18.3. The number of ether oxygens (including phenoxy) is 2. The molecule has 0 radical (unpaired) electrons. The lowest BCUT2D eigenvalue weighted by Crippen LogP contribution is -2.12. The minimum Gasteiger partial charge on any atom is -0.493 e. The summed E-state index contributed by atoms with van der Waals surface area (Å²) in [5.41, 5.74) is 3.71. The molecule has 0 fully saturated rings. The Balaban J connectivity index is 1.66. The van der Waals surface area contributed by atoms with Crippen LogP contribution in [0.5, 0.6) is 11.5 Å². The number of rotatable bonds is 10. The summed E-state index contributed by atoms with van der Waals surface area (Å²) >= 11 is 7.83. The van der Waals surface area contributed by atoms with Crippen LogP contribution in [-0.2, 0) is 6.61 Å². The standard InChI is InChI=1S/C27H24ClN5O4S/c1-17-7-6-10-22(11-17)33-18(2)30-31-27(33)38-25(15-32(34)35)21-12-23(28)26(24(13-21)36-3)37-16-20-9-5-4-8-19(20)14-29/h4-13,25H,15-16H2,1-3H3/t25-/m0/s1. The molecule has 3 aromatic carbocycles. The number of aryl methyl sites for hydroxylation is 2. The molecule has 0 saturated carbocycles. The average molecular weight is 550 g/mol. The molecule has 0 saturated heterocycles. The summed E-state index contributed by atoms with van der Waals surface area (Å²) in [5.74, 6) is 1.27. The zero-order valence-corrected chi connectivity index (χ0v) is 22.5. The highest BCUT2D eigenvalue weighted by Crippen LogP contribution is 2.43. The first-order valence-electron chi connectivity index (χ1n) is 11.6. The van der Waals surface area contributed by atoms with Crippen molar-refractivity contribution >= 4 is 23.4 Å². The van der Waals surface area contributed by atoms with Gasteiger partial charge >= 0.3 is 0 Å². The number of nitrogens with zero attached hydrogens (tertiary/aromatic N) is 5. The van der Waals surface area contributed by atoms with Crippen molar-refractivity contribution < 1.29 is 14.4 Å². The minimum absolute atomic E-state index is 0.102. The maximum atomic E-state index is 11.6. The van der Waals surface area contributed by atoms with Gasteiger partial charge in [0.1, 0.15) is 17.7 Å².